The van der Waals surface area contributed by atoms with E-state index in [9.17, 15) is 9.18 Å². The van der Waals surface area contributed by atoms with Crippen molar-refractivity contribution in [3.05, 3.63) is 34.7 Å². The first kappa shape index (κ1) is 10.8. The van der Waals surface area contributed by atoms with Crippen LogP contribution in [0, 0.1) is 0 Å². The first-order valence-electron chi connectivity index (χ1n) is 4.60. The second kappa shape index (κ2) is 4.03. The van der Waals surface area contributed by atoms with E-state index in [1.165, 1.54) is 12.3 Å². The molecule has 0 fully saturated rings. The summed E-state index contributed by atoms with van der Waals surface area (Å²) in [6, 6.07) is 1.37. The van der Waals surface area contributed by atoms with Crippen molar-refractivity contribution in [3.63, 3.8) is 0 Å². The summed E-state index contributed by atoms with van der Waals surface area (Å²) in [5, 5.41) is 8.80. The summed E-state index contributed by atoms with van der Waals surface area (Å²) in [5.41, 5.74) is 4.60. The van der Waals surface area contributed by atoms with Gasteiger partial charge in [0, 0.05) is 6.20 Å². The monoisotopic (exact) mass is 227 g/mol. The molecule has 1 aliphatic heterocycles. The van der Waals surface area contributed by atoms with Gasteiger partial charge in [0.1, 0.15) is 17.7 Å². The second-order valence-corrected chi connectivity index (χ2v) is 3.30. The number of anilines is 1. The summed E-state index contributed by atoms with van der Waals surface area (Å²) in [6.45, 7) is -0.346. The maximum Gasteiger partial charge on any atom is 0.351 e. The van der Waals surface area contributed by atoms with Crippen molar-refractivity contribution in [1.29, 1.82) is 0 Å². The average Bonchev–Trinajstić information content (AvgIpc) is 2.60. The van der Waals surface area contributed by atoms with Gasteiger partial charge in [-0.15, -0.1) is 0 Å². The predicted octanol–water partition coefficient (Wildman–Crippen LogP) is -0.431. The molecule has 0 spiro atoms. The Kier molecular flexibility index (Phi) is 2.71. The van der Waals surface area contributed by atoms with Crippen molar-refractivity contribution in [2.75, 3.05) is 12.3 Å². The van der Waals surface area contributed by atoms with E-state index >= 15 is 0 Å². The molecule has 0 saturated carbocycles. The zero-order chi connectivity index (χ0) is 11.7. The van der Waals surface area contributed by atoms with E-state index in [0.29, 0.717) is 0 Å². The molecule has 86 valence electrons. The van der Waals surface area contributed by atoms with Crippen LogP contribution in [0.25, 0.3) is 0 Å². The molecule has 0 saturated heterocycles. The van der Waals surface area contributed by atoms with Gasteiger partial charge in [-0.25, -0.2) is 9.18 Å². The van der Waals surface area contributed by atoms with Gasteiger partial charge in [-0.2, -0.15) is 4.98 Å². The van der Waals surface area contributed by atoms with Crippen LogP contribution in [0.4, 0.5) is 10.2 Å². The molecular formula is C9H10FN3O3. The number of hydrogen-bond acceptors (Lipinski definition) is 5. The fourth-order valence-electron chi connectivity index (χ4n) is 1.43. The summed E-state index contributed by atoms with van der Waals surface area (Å²) >= 11 is 0. The number of rotatable bonds is 2. The highest BCUT2D eigenvalue weighted by molar-refractivity contribution is 5.24. The number of ether oxygens (including phenoxy) is 1. The van der Waals surface area contributed by atoms with Crippen LogP contribution in [-0.4, -0.2) is 27.4 Å². The molecule has 1 aliphatic rings. The Balaban J connectivity index is 2.33. The Bertz CT molecular complexity index is 485. The van der Waals surface area contributed by atoms with Gasteiger partial charge in [-0.05, 0) is 12.1 Å². The molecule has 3 N–H and O–H groups in total. The molecule has 0 aromatic carbocycles. The van der Waals surface area contributed by atoms with Crippen LogP contribution in [0.2, 0.25) is 0 Å². The van der Waals surface area contributed by atoms with Gasteiger partial charge in [0.25, 0.3) is 0 Å². The number of hydrogen-bond donors (Lipinski definition) is 2. The summed E-state index contributed by atoms with van der Waals surface area (Å²) in [6.07, 6.45) is 0.503. The molecule has 0 aliphatic carbocycles. The second-order valence-electron chi connectivity index (χ2n) is 3.30. The SMILES string of the molecule is Nc1ccn([C@H]2O[C@@H](CO)C=C2F)c(=O)n1. The van der Waals surface area contributed by atoms with Crippen LogP contribution in [0.1, 0.15) is 6.23 Å². The minimum atomic E-state index is -1.17. The van der Waals surface area contributed by atoms with Gasteiger partial charge in [0.05, 0.1) is 6.61 Å². The molecule has 7 heteroatoms. The molecule has 2 heterocycles. The third-order valence-corrected chi connectivity index (χ3v) is 2.17. The average molecular weight is 227 g/mol. The standard InChI is InChI=1S/C9H10FN3O3/c10-6-3-5(4-14)16-8(6)13-2-1-7(11)12-9(13)15/h1-3,5,8,14H,4H2,(H2,11,12,15)/t5-,8+/m1/s1. The highest BCUT2D eigenvalue weighted by atomic mass is 19.1. The van der Waals surface area contributed by atoms with E-state index in [0.717, 1.165) is 10.6 Å². The van der Waals surface area contributed by atoms with Crippen molar-refractivity contribution in [1.82, 2.24) is 9.55 Å². The Morgan fingerprint density at radius 2 is 2.44 bits per heavy atom. The summed E-state index contributed by atoms with van der Waals surface area (Å²) in [7, 11) is 0. The minimum absolute atomic E-state index is 0.0577. The van der Waals surface area contributed by atoms with Crippen LogP contribution < -0.4 is 11.4 Å². The number of halogens is 1. The van der Waals surface area contributed by atoms with Crippen molar-refractivity contribution < 1.29 is 14.2 Å². The minimum Gasteiger partial charge on any atom is -0.393 e. The number of aliphatic hydroxyl groups excluding tert-OH is 1. The molecule has 0 bridgehead atoms. The van der Waals surface area contributed by atoms with Crippen LogP contribution >= 0.6 is 0 Å². The Labute approximate surface area is 89.8 Å². The number of nitrogens with zero attached hydrogens (tertiary/aromatic N) is 2. The zero-order valence-corrected chi connectivity index (χ0v) is 8.21. The Morgan fingerprint density at radius 1 is 1.69 bits per heavy atom. The first-order chi connectivity index (χ1) is 7.61. The Hall–Kier alpha value is -1.73. The fraction of sp³-hybridized carbons (Fsp3) is 0.333. The van der Waals surface area contributed by atoms with Crippen LogP contribution in [0.5, 0.6) is 0 Å². The van der Waals surface area contributed by atoms with Crippen molar-refractivity contribution in [2.45, 2.75) is 12.3 Å². The third-order valence-electron chi connectivity index (χ3n) is 2.17. The molecule has 6 nitrogen and oxygen atoms in total. The summed E-state index contributed by atoms with van der Waals surface area (Å²) < 4.78 is 19.5. The maximum absolute atomic E-state index is 13.4. The van der Waals surface area contributed by atoms with E-state index in [2.05, 4.69) is 4.98 Å². The van der Waals surface area contributed by atoms with Crippen molar-refractivity contribution >= 4 is 5.82 Å². The lowest BCUT2D eigenvalue weighted by atomic mass is 10.3. The van der Waals surface area contributed by atoms with Gasteiger partial charge in [-0.1, -0.05) is 0 Å². The molecule has 1 aromatic heterocycles. The van der Waals surface area contributed by atoms with E-state index in [-0.39, 0.29) is 12.4 Å². The molecule has 0 amide bonds. The van der Waals surface area contributed by atoms with Crippen LogP contribution in [0.3, 0.4) is 0 Å². The quantitative estimate of drug-likeness (QED) is 0.715. The van der Waals surface area contributed by atoms with Crippen molar-refractivity contribution in [3.8, 4) is 0 Å². The largest absolute Gasteiger partial charge is 0.393 e. The molecule has 2 rings (SSSR count). The van der Waals surface area contributed by atoms with Gasteiger partial charge in [-0.3, -0.25) is 4.57 Å². The van der Waals surface area contributed by atoms with Gasteiger partial charge < -0.3 is 15.6 Å². The smallest absolute Gasteiger partial charge is 0.351 e. The van der Waals surface area contributed by atoms with Crippen molar-refractivity contribution in [2.24, 2.45) is 0 Å². The number of nitrogen functional groups attached to an aromatic ring is 1. The van der Waals surface area contributed by atoms with Crippen LogP contribution in [-0.2, 0) is 4.74 Å². The van der Waals surface area contributed by atoms with Gasteiger partial charge >= 0.3 is 5.69 Å². The van der Waals surface area contributed by atoms with Gasteiger partial charge in [0.15, 0.2) is 6.23 Å². The van der Waals surface area contributed by atoms with E-state index in [4.69, 9.17) is 15.6 Å². The van der Waals surface area contributed by atoms with E-state index in [1.54, 1.807) is 0 Å². The molecule has 1 aromatic rings. The topological polar surface area (TPSA) is 90.4 Å². The van der Waals surface area contributed by atoms with Gasteiger partial charge in [0.2, 0.25) is 0 Å². The first-order valence-corrected chi connectivity index (χ1v) is 4.60. The molecule has 0 unspecified atom stereocenters. The van der Waals surface area contributed by atoms with E-state index in [1.807, 2.05) is 0 Å². The summed E-state index contributed by atoms with van der Waals surface area (Å²) in [5.74, 6) is -0.574. The highest BCUT2D eigenvalue weighted by Crippen LogP contribution is 2.28. The lowest BCUT2D eigenvalue weighted by molar-refractivity contribution is -0.0213. The molecule has 2 atom stereocenters. The number of aliphatic hydroxyl groups is 1. The predicted molar refractivity (Wildman–Crippen MR) is 53.1 cm³/mol. The Morgan fingerprint density at radius 3 is 3.00 bits per heavy atom. The molecule has 16 heavy (non-hydrogen) atoms. The number of nitrogens with two attached hydrogens (primary N) is 1. The lowest BCUT2D eigenvalue weighted by Crippen LogP contribution is -2.28. The van der Waals surface area contributed by atoms with Crippen LogP contribution in [0.15, 0.2) is 29.0 Å². The maximum atomic E-state index is 13.4. The molecular weight excluding hydrogens is 217 g/mol. The third kappa shape index (κ3) is 1.82. The molecule has 0 radical (unpaired) electrons. The fourth-order valence-corrected chi connectivity index (χ4v) is 1.43. The highest BCUT2D eigenvalue weighted by Gasteiger charge is 2.29. The summed E-state index contributed by atoms with van der Waals surface area (Å²) in [4.78, 5) is 14.9. The zero-order valence-electron chi connectivity index (χ0n) is 8.21. The number of aromatic nitrogens is 2. The van der Waals surface area contributed by atoms with E-state index < -0.39 is 23.8 Å². The lowest BCUT2D eigenvalue weighted by Gasteiger charge is -2.14. The normalized spacial score (nSPS) is 24.5.